The van der Waals surface area contributed by atoms with Crippen molar-refractivity contribution in [2.45, 2.75) is 38.1 Å². The van der Waals surface area contributed by atoms with Crippen molar-refractivity contribution in [1.29, 1.82) is 0 Å². The van der Waals surface area contributed by atoms with Crippen LogP contribution < -0.4 is 5.32 Å². The van der Waals surface area contributed by atoms with Crippen LogP contribution in [0.15, 0.2) is 0 Å². The summed E-state index contributed by atoms with van der Waals surface area (Å²) in [5.74, 6) is 0.865. The Hall–Kier alpha value is -0.320. The molecule has 1 N–H and O–H groups in total. The molecule has 106 valence electrons. The van der Waals surface area contributed by atoms with Crippen molar-refractivity contribution < 1.29 is 9.53 Å². The lowest BCUT2D eigenvalue weighted by Gasteiger charge is -2.33. The van der Waals surface area contributed by atoms with E-state index in [0.29, 0.717) is 24.3 Å². The van der Waals surface area contributed by atoms with Gasteiger partial charge in [-0.05, 0) is 44.7 Å². The molecule has 2 heterocycles. The maximum Gasteiger partial charge on any atom is 0.222 e. The zero-order valence-electron chi connectivity index (χ0n) is 11.2. The molecule has 2 fully saturated rings. The number of rotatable bonds is 3. The summed E-state index contributed by atoms with van der Waals surface area (Å²) in [7, 11) is 1.97. The number of carbonyl (C=O) groups excluding carboxylic acids is 1. The Bertz CT molecular complexity index is 251. The van der Waals surface area contributed by atoms with E-state index in [1.807, 2.05) is 11.9 Å². The second-order valence-electron chi connectivity index (χ2n) is 5.25. The predicted molar refractivity (Wildman–Crippen MR) is 74.1 cm³/mol. The van der Waals surface area contributed by atoms with Crippen molar-refractivity contribution in [3.8, 4) is 0 Å². The highest BCUT2D eigenvalue weighted by Gasteiger charge is 2.24. The molecule has 2 saturated heterocycles. The third kappa shape index (κ3) is 4.41. The number of nitrogens with zero attached hydrogens (tertiary/aromatic N) is 1. The minimum atomic E-state index is 0. The second-order valence-corrected chi connectivity index (χ2v) is 5.25. The summed E-state index contributed by atoms with van der Waals surface area (Å²) in [6.45, 7) is 3.74. The van der Waals surface area contributed by atoms with Crippen LogP contribution >= 0.6 is 12.4 Å². The molecule has 0 bridgehead atoms. The van der Waals surface area contributed by atoms with Gasteiger partial charge in [0, 0.05) is 32.7 Å². The quantitative estimate of drug-likeness (QED) is 0.848. The van der Waals surface area contributed by atoms with E-state index >= 15 is 0 Å². The van der Waals surface area contributed by atoms with Gasteiger partial charge >= 0.3 is 0 Å². The number of carbonyl (C=O) groups is 1. The summed E-state index contributed by atoms with van der Waals surface area (Å²) in [6, 6.07) is 0.448. The Morgan fingerprint density at radius 1 is 1.22 bits per heavy atom. The molecule has 0 aromatic carbocycles. The average Bonchev–Trinajstić information content (AvgIpc) is 2.40. The van der Waals surface area contributed by atoms with E-state index in [4.69, 9.17) is 4.74 Å². The number of ether oxygens (including phenoxy) is 1. The first-order valence-corrected chi connectivity index (χ1v) is 6.81. The molecule has 5 heteroatoms. The Morgan fingerprint density at radius 3 is 2.44 bits per heavy atom. The molecular weight excluding hydrogens is 252 g/mol. The molecule has 0 saturated carbocycles. The summed E-state index contributed by atoms with van der Waals surface area (Å²) in [6.07, 6.45) is 4.99. The first-order valence-electron chi connectivity index (χ1n) is 6.81. The zero-order valence-corrected chi connectivity index (χ0v) is 12.0. The van der Waals surface area contributed by atoms with E-state index in [0.717, 1.165) is 52.0 Å². The van der Waals surface area contributed by atoms with Gasteiger partial charge in [0.05, 0.1) is 0 Å². The van der Waals surface area contributed by atoms with Gasteiger partial charge < -0.3 is 15.0 Å². The van der Waals surface area contributed by atoms with Crippen molar-refractivity contribution in [3.05, 3.63) is 0 Å². The lowest BCUT2D eigenvalue weighted by Crippen LogP contribution is -2.44. The zero-order chi connectivity index (χ0) is 12.1. The summed E-state index contributed by atoms with van der Waals surface area (Å²) >= 11 is 0. The molecule has 18 heavy (non-hydrogen) atoms. The van der Waals surface area contributed by atoms with Gasteiger partial charge in [0.15, 0.2) is 0 Å². The first-order chi connectivity index (χ1) is 8.27. The Morgan fingerprint density at radius 2 is 1.83 bits per heavy atom. The van der Waals surface area contributed by atoms with Crippen molar-refractivity contribution in [2.75, 3.05) is 33.4 Å². The SMILES string of the molecule is CN(C(=O)CC1CCOCC1)C1CCNCC1.Cl. The molecule has 0 unspecified atom stereocenters. The largest absolute Gasteiger partial charge is 0.381 e. The summed E-state index contributed by atoms with van der Waals surface area (Å²) in [4.78, 5) is 14.2. The van der Waals surface area contributed by atoms with Crippen LogP contribution in [0.25, 0.3) is 0 Å². The van der Waals surface area contributed by atoms with Gasteiger partial charge in [-0.25, -0.2) is 0 Å². The maximum absolute atomic E-state index is 12.2. The van der Waals surface area contributed by atoms with Crippen LogP contribution in [0.5, 0.6) is 0 Å². The number of nitrogens with one attached hydrogen (secondary N) is 1. The molecule has 1 amide bonds. The molecular formula is C13H25ClN2O2. The molecule has 2 aliphatic rings. The van der Waals surface area contributed by atoms with E-state index < -0.39 is 0 Å². The van der Waals surface area contributed by atoms with Crippen LogP contribution in [-0.4, -0.2) is 50.2 Å². The highest BCUT2D eigenvalue weighted by molar-refractivity contribution is 5.85. The third-order valence-electron chi connectivity index (χ3n) is 4.05. The number of piperidine rings is 1. The van der Waals surface area contributed by atoms with Crippen molar-refractivity contribution in [2.24, 2.45) is 5.92 Å². The molecule has 0 aliphatic carbocycles. The Labute approximate surface area is 116 Å². The van der Waals surface area contributed by atoms with Gasteiger partial charge in [-0.15, -0.1) is 12.4 Å². The minimum absolute atomic E-state index is 0. The van der Waals surface area contributed by atoms with Crippen LogP contribution in [0.4, 0.5) is 0 Å². The van der Waals surface area contributed by atoms with E-state index in [1.54, 1.807) is 0 Å². The molecule has 0 aromatic rings. The van der Waals surface area contributed by atoms with Crippen LogP contribution in [-0.2, 0) is 9.53 Å². The third-order valence-corrected chi connectivity index (χ3v) is 4.05. The highest BCUT2D eigenvalue weighted by Crippen LogP contribution is 2.20. The van der Waals surface area contributed by atoms with Gasteiger partial charge in [-0.2, -0.15) is 0 Å². The average molecular weight is 277 g/mol. The molecule has 2 rings (SSSR count). The molecule has 2 aliphatic heterocycles. The Kier molecular flexibility index (Phi) is 6.97. The van der Waals surface area contributed by atoms with Crippen LogP contribution in [0, 0.1) is 5.92 Å². The van der Waals surface area contributed by atoms with Gasteiger partial charge in [0.25, 0.3) is 0 Å². The summed E-state index contributed by atoms with van der Waals surface area (Å²) in [5.41, 5.74) is 0. The van der Waals surface area contributed by atoms with Crippen LogP contribution in [0.2, 0.25) is 0 Å². The highest BCUT2D eigenvalue weighted by atomic mass is 35.5. The molecule has 0 atom stereocenters. The maximum atomic E-state index is 12.2. The number of hydrogen-bond donors (Lipinski definition) is 1. The van der Waals surface area contributed by atoms with Gasteiger partial charge in [-0.3, -0.25) is 4.79 Å². The summed E-state index contributed by atoms with van der Waals surface area (Å²) < 4.78 is 5.32. The van der Waals surface area contributed by atoms with E-state index in [9.17, 15) is 4.79 Å². The van der Waals surface area contributed by atoms with Gasteiger partial charge in [0.2, 0.25) is 5.91 Å². The minimum Gasteiger partial charge on any atom is -0.381 e. The van der Waals surface area contributed by atoms with E-state index in [-0.39, 0.29) is 12.4 Å². The second kappa shape index (κ2) is 7.97. The number of halogens is 1. The molecule has 0 aromatic heterocycles. The van der Waals surface area contributed by atoms with Crippen molar-refractivity contribution >= 4 is 18.3 Å². The van der Waals surface area contributed by atoms with Gasteiger partial charge in [-0.1, -0.05) is 0 Å². The fraction of sp³-hybridized carbons (Fsp3) is 0.923. The Balaban J connectivity index is 0.00000162. The standard InChI is InChI=1S/C13H24N2O2.ClH/c1-15(12-2-6-14-7-3-12)13(16)10-11-4-8-17-9-5-11;/h11-12,14H,2-10H2,1H3;1H. The van der Waals surface area contributed by atoms with E-state index in [1.165, 1.54) is 0 Å². The lowest BCUT2D eigenvalue weighted by molar-refractivity contribution is -0.134. The fourth-order valence-electron chi connectivity index (χ4n) is 2.74. The van der Waals surface area contributed by atoms with Crippen LogP contribution in [0.1, 0.15) is 32.1 Å². The van der Waals surface area contributed by atoms with E-state index in [2.05, 4.69) is 5.32 Å². The first kappa shape index (κ1) is 15.7. The number of amides is 1. The predicted octanol–water partition coefficient (Wildman–Crippen LogP) is 1.44. The molecule has 0 spiro atoms. The number of hydrogen-bond acceptors (Lipinski definition) is 3. The monoisotopic (exact) mass is 276 g/mol. The van der Waals surface area contributed by atoms with Crippen molar-refractivity contribution in [3.63, 3.8) is 0 Å². The summed E-state index contributed by atoms with van der Waals surface area (Å²) in [5, 5.41) is 3.34. The van der Waals surface area contributed by atoms with Crippen LogP contribution in [0.3, 0.4) is 0 Å². The normalized spacial score (nSPS) is 22.3. The topological polar surface area (TPSA) is 41.6 Å². The molecule has 4 nitrogen and oxygen atoms in total. The lowest BCUT2D eigenvalue weighted by atomic mass is 9.95. The van der Waals surface area contributed by atoms with Crippen molar-refractivity contribution in [1.82, 2.24) is 10.2 Å². The smallest absolute Gasteiger partial charge is 0.222 e. The molecule has 0 radical (unpaired) electrons. The van der Waals surface area contributed by atoms with Gasteiger partial charge in [0.1, 0.15) is 0 Å². The fourth-order valence-corrected chi connectivity index (χ4v) is 2.74.